The van der Waals surface area contributed by atoms with Gasteiger partial charge in [-0.15, -0.1) is 10.2 Å². The van der Waals surface area contributed by atoms with Gasteiger partial charge in [-0.1, -0.05) is 6.07 Å². The van der Waals surface area contributed by atoms with E-state index in [0.29, 0.717) is 28.4 Å². The van der Waals surface area contributed by atoms with Crippen molar-refractivity contribution < 1.29 is 17.9 Å². The minimum atomic E-state index is -4.38. The van der Waals surface area contributed by atoms with Crippen molar-refractivity contribution in [3.63, 3.8) is 0 Å². The maximum absolute atomic E-state index is 12.9. The minimum Gasteiger partial charge on any atom is -0.494 e. The summed E-state index contributed by atoms with van der Waals surface area (Å²) in [6.45, 7) is 3.62. The van der Waals surface area contributed by atoms with Crippen LogP contribution in [-0.2, 0) is 6.18 Å². The fraction of sp³-hybridized carbons (Fsp3) is 0.474. The Morgan fingerprint density at radius 2 is 2.00 bits per heavy atom. The summed E-state index contributed by atoms with van der Waals surface area (Å²) < 4.78 is 44.1. The van der Waals surface area contributed by atoms with Crippen LogP contribution in [0.3, 0.4) is 0 Å². The quantitative estimate of drug-likeness (QED) is 0.869. The third kappa shape index (κ3) is 4.50. The molecule has 0 spiro atoms. The molecule has 0 aliphatic carbocycles. The highest BCUT2D eigenvalue weighted by Gasteiger charge is 2.31. The highest BCUT2D eigenvalue weighted by molar-refractivity contribution is 5.70. The Morgan fingerprint density at radius 3 is 2.63 bits per heavy atom. The normalized spacial score (nSPS) is 18.4. The first-order chi connectivity index (χ1) is 12.8. The molecule has 1 aliphatic heterocycles. The van der Waals surface area contributed by atoms with Crippen molar-refractivity contribution in [3.8, 4) is 17.0 Å². The van der Waals surface area contributed by atoms with Gasteiger partial charge in [0.15, 0.2) is 11.6 Å². The Bertz CT molecular complexity index is 810. The van der Waals surface area contributed by atoms with E-state index in [1.807, 2.05) is 0 Å². The Morgan fingerprint density at radius 1 is 1.22 bits per heavy atom. The van der Waals surface area contributed by atoms with Gasteiger partial charge in [-0.05, 0) is 51.1 Å². The Kier molecular flexibility index (Phi) is 5.55. The number of aromatic nitrogens is 2. The average Bonchev–Trinajstić information content (AvgIpc) is 2.61. The van der Waals surface area contributed by atoms with Gasteiger partial charge in [-0.2, -0.15) is 13.2 Å². The zero-order valence-corrected chi connectivity index (χ0v) is 15.6. The van der Waals surface area contributed by atoms with Crippen molar-refractivity contribution in [2.75, 3.05) is 32.6 Å². The van der Waals surface area contributed by atoms with Gasteiger partial charge in [0.05, 0.1) is 12.7 Å². The van der Waals surface area contributed by atoms with Crippen LogP contribution in [0.4, 0.5) is 19.0 Å². The van der Waals surface area contributed by atoms with Crippen LogP contribution in [-0.4, -0.2) is 48.4 Å². The van der Waals surface area contributed by atoms with Crippen molar-refractivity contribution in [2.24, 2.45) is 0 Å². The predicted octanol–water partition coefficient (Wildman–Crippen LogP) is 3.99. The van der Waals surface area contributed by atoms with Crippen molar-refractivity contribution in [1.82, 2.24) is 15.1 Å². The van der Waals surface area contributed by atoms with Crippen molar-refractivity contribution >= 4 is 5.82 Å². The maximum Gasteiger partial charge on any atom is 0.416 e. The number of halogens is 3. The van der Waals surface area contributed by atoms with Gasteiger partial charge in [0.1, 0.15) is 5.69 Å². The van der Waals surface area contributed by atoms with Gasteiger partial charge < -0.3 is 15.0 Å². The van der Waals surface area contributed by atoms with E-state index >= 15 is 0 Å². The van der Waals surface area contributed by atoms with Gasteiger partial charge in [-0.25, -0.2) is 0 Å². The van der Waals surface area contributed by atoms with E-state index in [0.717, 1.165) is 38.1 Å². The number of ether oxygens (including phenoxy) is 1. The smallest absolute Gasteiger partial charge is 0.416 e. The van der Waals surface area contributed by atoms with Crippen LogP contribution >= 0.6 is 0 Å². The van der Waals surface area contributed by atoms with Crippen LogP contribution in [0, 0.1) is 6.92 Å². The summed E-state index contributed by atoms with van der Waals surface area (Å²) in [5, 5.41) is 11.8. The van der Waals surface area contributed by atoms with E-state index in [1.165, 1.54) is 13.2 Å². The maximum atomic E-state index is 12.9. The van der Waals surface area contributed by atoms with Gasteiger partial charge in [-0.3, -0.25) is 0 Å². The number of rotatable bonds is 4. The van der Waals surface area contributed by atoms with E-state index in [-0.39, 0.29) is 6.04 Å². The molecule has 2 aromatic rings. The molecule has 1 aromatic carbocycles. The SMILES string of the molecule is COc1cc(N[C@@H]2CCCN(C)C2)nnc1-c1ccc(C(F)(F)F)cc1C. The molecule has 0 amide bonds. The number of anilines is 1. The number of hydrogen-bond donors (Lipinski definition) is 1. The van der Waals surface area contributed by atoms with E-state index in [4.69, 9.17) is 4.74 Å². The minimum absolute atomic E-state index is 0.279. The molecular weight excluding hydrogens is 357 g/mol. The predicted molar refractivity (Wildman–Crippen MR) is 97.9 cm³/mol. The second-order valence-electron chi connectivity index (χ2n) is 6.92. The highest BCUT2D eigenvalue weighted by atomic mass is 19.4. The summed E-state index contributed by atoms with van der Waals surface area (Å²) >= 11 is 0. The summed E-state index contributed by atoms with van der Waals surface area (Å²) in [6, 6.07) is 5.59. The Labute approximate surface area is 156 Å². The molecule has 0 unspecified atom stereocenters. The number of likely N-dealkylation sites (tertiary alicyclic amines) is 1. The molecule has 0 saturated carbocycles. The summed E-state index contributed by atoms with van der Waals surface area (Å²) in [5.74, 6) is 1.07. The molecule has 8 heteroatoms. The van der Waals surface area contributed by atoms with Crippen molar-refractivity contribution in [2.45, 2.75) is 32.0 Å². The molecule has 27 heavy (non-hydrogen) atoms. The molecule has 2 heterocycles. The number of likely N-dealkylation sites (N-methyl/N-ethyl adjacent to an activating group) is 1. The fourth-order valence-electron chi connectivity index (χ4n) is 3.39. The zero-order chi connectivity index (χ0) is 19.6. The van der Waals surface area contributed by atoms with Gasteiger partial charge in [0.25, 0.3) is 0 Å². The fourth-order valence-corrected chi connectivity index (χ4v) is 3.39. The number of aryl methyl sites for hydroxylation is 1. The van der Waals surface area contributed by atoms with E-state index in [1.54, 1.807) is 13.0 Å². The Balaban J connectivity index is 1.86. The van der Waals surface area contributed by atoms with Crippen molar-refractivity contribution in [3.05, 3.63) is 35.4 Å². The van der Waals surface area contributed by atoms with Crippen LogP contribution in [0.25, 0.3) is 11.3 Å². The topological polar surface area (TPSA) is 50.3 Å². The van der Waals surface area contributed by atoms with E-state index in [2.05, 4.69) is 27.5 Å². The summed E-state index contributed by atoms with van der Waals surface area (Å²) in [4.78, 5) is 2.26. The molecule has 1 fully saturated rings. The van der Waals surface area contributed by atoms with Gasteiger partial charge in [0, 0.05) is 24.2 Å². The number of alkyl halides is 3. The highest BCUT2D eigenvalue weighted by Crippen LogP contribution is 2.35. The Hall–Kier alpha value is -2.35. The largest absolute Gasteiger partial charge is 0.494 e. The number of benzene rings is 1. The zero-order valence-electron chi connectivity index (χ0n) is 15.6. The molecule has 0 bridgehead atoms. The number of piperidine rings is 1. The van der Waals surface area contributed by atoms with E-state index in [9.17, 15) is 13.2 Å². The molecule has 3 rings (SSSR count). The van der Waals surface area contributed by atoms with Crippen LogP contribution in [0.2, 0.25) is 0 Å². The number of nitrogens with one attached hydrogen (secondary N) is 1. The lowest BCUT2D eigenvalue weighted by atomic mass is 10.0. The summed E-state index contributed by atoms with van der Waals surface area (Å²) in [5.41, 5.74) is 0.772. The van der Waals surface area contributed by atoms with Crippen LogP contribution < -0.4 is 10.1 Å². The average molecular weight is 380 g/mol. The molecule has 1 aromatic heterocycles. The first-order valence-electron chi connectivity index (χ1n) is 8.83. The third-order valence-corrected chi connectivity index (χ3v) is 4.76. The molecule has 5 nitrogen and oxygen atoms in total. The first-order valence-corrected chi connectivity index (χ1v) is 8.83. The molecular formula is C19H23F3N4O. The molecule has 1 atom stereocenters. The molecule has 146 valence electrons. The summed E-state index contributed by atoms with van der Waals surface area (Å²) in [7, 11) is 3.59. The number of methoxy groups -OCH3 is 1. The summed E-state index contributed by atoms with van der Waals surface area (Å²) in [6.07, 6.45) is -2.21. The molecule has 0 radical (unpaired) electrons. The number of hydrogen-bond acceptors (Lipinski definition) is 5. The molecule has 1 aliphatic rings. The standard InChI is InChI=1S/C19H23F3N4O/c1-12-9-13(19(20,21)22)6-7-15(12)18-16(27-3)10-17(24-25-18)23-14-5-4-8-26(2)11-14/h6-7,9-10,14H,4-5,8,11H2,1-3H3,(H,23,24)/t14-/m1/s1. The third-order valence-electron chi connectivity index (χ3n) is 4.76. The van der Waals surface area contributed by atoms with Gasteiger partial charge >= 0.3 is 6.18 Å². The van der Waals surface area contributed by atoms with Crippen LogP contribution in [0.15, 0.2) is 24.3 Å². The second-order valence-corrected chi connectivity index (χ2v) is 6.92. The van der Waals surface area contributed by atoms with Gasteiger partial charge in [0.2, 0.25) is 0 Å². The monoisotopic (exact) mass is 380 g/mol. The lowest BCUT2D eigenvalue weighted by Crippen LogP contribution is -2.39. The van der Waals surface area contributed by atoms with E-state index < -0.39 is 11.7 Å². The lowest BCUT2D eigenvalue weighted by molar-refractivity contribution is -0.137. The lowest BCUT2D eigenvalue weighted by Gasteiger charge is -2.30. The van der Waals surface area contributed by atoms with Crippen LogP contribution in [0.1, 0.15) is 24.0 Å². The number of nitrogens with zero attached hydrogens (tertiary/aromatic N) is 3. The first kappa shape index (κ1) is 19.4. The molecule has 1 saturated heterocycles. The molecule has 1 N–H and O–H groups in total. The van der Waals surface area contributed by atoms with Crippen molar-refractivity contribution in [1.29, 1.82) is 0 Å². The van der Waals surface area contributed by atoms with Crippen LogP contribution in [0.5, 0.6) is 5.75 Å². The second kappa shape index (κ2) is 7.72.